The van der Waals surface area contributed by atoms with E-state index in [9.17, 15) is 4.79 Å². The van der Waals surface area contributed by atoms with E-state index in [4.69, 9.17) is 5.26 Å². The molecule has 4 heteroatoms. The molecule has 1 saturated carbocycles. The van der Waals surface area contributed by atoms with Crippen molar-refractivity contribution in [2.45, 2.75) is 25.8 Å². The van der Waals surface area contributed by atoms with Crippen LogP contribution in [0.1, 0.15) is 31.4 Å². The molecule has 0 aromatic carbocycles. The Kier molecular flexibility index (Phi) is 2.49. The van der Waals surface area contributed by atoms with E-state index in [0.717, 1.165) is 5.56 Å². The molecule has 1 unspecified atom stereocenters. The summed E-state index contributed by atoms with van der Waals surface area (Å²) in [7, 11) is 0. The second kappa shape index (κ2) is 3.67. The standard InChI is InChI=1S/C11H12N2OS/c1-8(9-2-5-15-6-9)13-10(14)11(7-12)3-4-11/h2,5-6,8H,3-4H2,1H3,(H,13,14). The zero-order valence-electron chi connectivity index (χ0n) is 8.49. The Hall–Kier alpha value is -1.34. The average Bonchev–Trinajstić information content (AvgIpc) is 2.84. The lowest BCUT2D eigenvalue weighted by Gasteiger charge is -2.14. The third-order valence-corrected chi connectivity index (χ3v) is 3.49. The summed E-state index contributed by atoms with van der Waals surface area (Å²) in [6.45, 7) is 1.94. The molecule has 78 valence electrons. The van der Waals surface area contributed by atoms with Gasteiger partial charge in [0, 0.05) is 0 Å². The molecule has 15 heavy (non-hydrogen) atoms. The summed E-state index contributed by atoms with van der Waals surface area (Å²) < 4.78 is 0. The Morgan fingerprint density at radius 3 is 2.93 bits per heavy atom. The molecule has 1 amide bonds. The maximum atomic E-state index is 11.7. The number of nitrogens with zero attached hydrogens (tertiary/aromatic N) is 1. The molecule has 1 aliphatic rings. The van der Waals surface area contributed by atoms with Crippen molar-refractivity contribution in [3.63, 3.8) is 0 Å². The number of rotatable bonds is 3. The van der Waals surface area contributed by atoms with Crippen molar-refractivity contribution in [1.29, 1.82) is 5.26 Å². The molecule has 0 aliphatic heterocycles. The minimum Gasteiger partial charge on any atom is -0.348 e. The molecule has 1 fully saturated rings. The molecule has 3 nitrogen and oxygen atoms in total. The summed E-state index contributed by atoms with van der Waals surface area (Å²) in [6, 6.07) is 4.08. The number of carbonyl (C=O) groups excluding carboxylic acids is 1. The monoisotopic (exact) mass is 220 g/mol. The third kappa shape index (κ3) is 1.88. The van der Waals surface area contributed by atoms with Crippen LogP contribution in [0.3, 0.4) is 0 Å². The first kappa shape index (κ1) is 10.2. The van der Waals surface area contributed by atoms with Gasteiger partial charge >= 0.3 is 0 Å². The van der Waals surface area contributed by atoms with Gasteiger partial charge in [0.1, 0.15) is 5.41 Å². The van der Waals surface area contributed by atoms with Crippen LogP contribution < -0.4 is 5.32 Å². The summed E-state index contributed by atoms with van der Waals surface area (Å²) in [4.78, 5) is 11.7. The van der Waals surface area contributed by atoms with Crippen LogP contribution >= 0.6 is 11.3 Å². The predicted octanol–water partition coefficient (Wildman–Crippen LogP) is 2.23. The first-order valence-corrected chi connectivity index (χ1v) is 5.86. The van der Waals surface area contributed by atoms with E-state index in [1.54, 1.807) is 11.3 Å². The fourth-order valence-corrected chi connectivity index (χ4v) is 2.21. The van der Waals surface area contributed by atoms with Gasteiger partial charge in [-0.05, 0) is 42.2 Å². The van der Waals surface area contributed by atoms with Crippen LogP contribution in [0.5, 0.6) is 0 Å². The van der Waals surface area contributed by atoms with E-state index in [1.807, 2.05) is 23.8 Å². The van der Waals surface area contributed by atoms with Crippen LogP contribution in [0.2, 0.25) is 0 Å². The number of carbonyl (C=O) groups is 1. The first-order valence-electron chi connectivity index (χ1n) is 4.92. The maximum Gasteiger partial charge on any atom is 0.240 e. The largest absolute Gasteiger partial charge is 0.348 e. The predicted molar refractivity (Wildman–Crippen MR) is 58.2 cm³/mol. The summed E-state index contributed by atoms with van der Waals surface area (Å²) >= 11 is 1.61. The number of amides is 1. The normalized spacial score (nSPS) is 18.9. The number of nitrogens with one attached hydrogen (secondary N) is 1. The topological polar surface area (TPSA) is 52.9 Å². The Morgan fingerprint density at radius 1 is 1.73 bits per heavy atom. The molecule has 1 aromatic heterocycles. The quantitative estimate of drug-likeness (QED) is 0.849. The Balaban J connectivity index is 1.99. The molecular weight excluding hydrogens is 208 g/mol. The summed E-state index contributed by atoms with van der Waals surface area (Å²) in [6.07, 6.45) is 1.40. The van der Waals surface area contributed by atoms with Gasteiger partial charge in [-0.25, -0.2) is 0 Å². The van der Waals surface area contributed by atoms with Crippen molar-refractivity contribution >= 4 is 17.2 Å². The lowest BCUT2D eigenvalue weighted by atomic mass is 10.1. The number of hydrogen-bond donors (Lipinski definition) is 1. The zero-order chi connectivity index (χ0) is 10.9. The van der Waals surface area contributed by atoms with E-state index in [1.165, 1.54) is 0 Å². The molecule has 1 atom stereocenters. The van der Waals surface area contributed by atoms with Gasteiger partial charge in [-0.3, -0.25) is 4.79 Å². The summed E-state index contributed by atoms with van der Waals surface area (Å²) in [5.74, 6) is -0.122. The van der Waals surface area contributed by atoms with Gasteiger partial charge < -0.3 is 5.32 Å². The van der Waals surface area contributed by atoms with Gasteiger partial charge in [-0.2, -0.15) is 16.6 Å². The third-order valence-electron chi connectivity index (χ3n) is 2.79. The fourth-order valence-electron chi connectivity index (χ4n) is 1.45. The smallest absolute Gasteiger partial charge is 0.240 e. The minimum atomic E-state index is -0.718. The van der Waals surface area contributed by atoms with E-state index >= 15 is 0 Å². The number of nitriles is 1. The molecular formula is C11H12N2OS. The summed E-state index contributed by atoms with van der Waals surface area (Å²) in [5, 5.41) is 15.7. The van der Waals surface area contributed by atoms with Gasteiger partial charge in [-0.1, -0.05) is 0 Å². The highest BCUT2D eigenvalue weighted by molar-refractivity contribution is 7.07. The molecule has 2 rings (SSSR count). The van der Waals surface area contributed by atoms with Crippen molar-refractivity contribution in [3.8, 4) is 6.07 Å². The van der Waals surface area contributed by atoms with Gasteiger partial charge in [0.05, 0.1) is 12.1 Å². The molecule has 1 N–H and O–H groups in total. The Morgan fingerprint density at radius 2 is 2.47 bits per heavy atom. The molecule has 0 bridgehead atoms. The van der Waals surface area contributed by atoms with Crippen molar-refractivity contribution in [2.75, 3.05) is 0 Å². The Labute approximate surface area is 92.7 Å². The molecule has 0 radical (unpaired) electrons. The average molecular weight is 220 g/mol. The molecule has 0 spiro atoms. The van der Waals surface area contributed by atoms with Gasteiger partial charge in [-0.15, -0.1) is 0 Å². The highest BCUT2D eigenvalue weighted by Crippen LogP contribution is 2.45. The van der Waals surface area contributed by atoms with Gasteiger partial charge in [0.2, 0.25) is 5.91 Å². The number of thiophene rings is 1. The van der Waals surface area contributed by atoms with Crippen LogP contribution in [0.15, 0.2) is 16.8 Å². The van der Waals surface area contributed by atoms with Crippen molar-refractivity contribution in [2.24, 2.45) is 5.41 Å². The second-order valence-electron chi connectivity index (χ2n) is 3.95. The maximum absolute atomic E-state index is 11.7. The highest BCUT2D eigenvalue weighted by Gasteiger charge is 2.50. The fraction of sp³-hybridized carbons (Fsp3) is 0.455. The molecule has 0 saturated heterocycles. The van der Waals surface area contributed by atoms with E-state index in [0.29, 0.717) is 12.8 Å². The van der Waals surface area contributed by atoms with Crippen LogP contribution in [-0.4, -0.2) is 5.91 Å². The van der Waals surface area contributed by atoms with Crippen LogP contribution in [-0.2, 0) is 4.79 Å². The SMILES string of the molecule is CC(NC(=O)C1(C#N)CC1)c1ccsc1. The highest BCUT2D eigenvalue weighted by atomic mass is 32.1. The number of hydrogen-bond acceptors (Lipinski definition) is 3. The van der Waals surface area contributed by atoms with Crippen molar-refractivity contribution in [1.82, 2.24) is 5.32 Å². The minimum absolute atomic E-state index is 0.00502. The van der Waals surface area contributed by atoms with Crippen molar-refractivity contribution < 1.29 is 4.79 Å². The van der Waals surface area contributed by atoms with Crippen LogP contribution in [0.25, 0.3) is 0 Å². The lowest BCUT2D eigenvalue weighted by molar-refractivity contribution is -0.125. The summed E-state index contributed by atoms with van der Waals surface area (Å²) in [5.41, 5.74) is 0.381. The second-order valence-corrected chi connectivity index (χ2v) is 4.73. The Bertz CT molecular complexity index is 401. The van der Waals surface area contributed by atoms with E-state index < -0.39 is 5.41 Å². The van der Waals surface area contributed by atoms with Gasteiger partial charge in [0.25, 0.3) is 0 Å². The molecule has 1 aromatic rings. The first-order chi connectivity index (χ1) is 7.18. The van der Waals surface area contributed by atoms with Gasteiger partial charge in [0.15, 0.2) is 0 Å². The zero-order valence-corrected chi connectivity index (χ0v) is 9.30. The molecule has 1 aliphatic carbocycles. The lowest BCUT2D eigenvalue weighted by Crippen LogP contribution is -2.33. The van der Waals surface area contributed by atoms with Crippen LogP contribution in [0.4, 0.5) is 0 Å². The van der Waals surface area contributed by atoms with E-state index in [2.05, 4.69) is 11.4 Å². The molecule has 1 heterocycles. The van der Waals surface area contributed by atoms with Crippen LogP contribution in [0, 0.1) is 16.7 Å². The van der Waals surface area contributed by atoms with E-state index in [-0.39, 0.29) is 11.9 Å². The van der Waals surface area contributed by atoms with Crippen molar-refractivity contribution in [3.05, 3.63) is 22.4 Å².